The van der Waals surface area contributed by atoms with Gasteiger partial charge >= 0.3 is 0 Å². The van der Waals surface area contributed by atoms with Crippen molar-refractivity contribution >= 4 is 21.4 Å². The fourth-order valence-electron chi connectivity index (χ4n) is 2.20. The Kier molecular flexibility index (Phi) is 5.39. The molecule has 0 saturated carbocycles. The van der Waals surface area contributed by atoms with E-state index in [0.717, 1.165) is 5.56 Å². The summed E-state index contributed by atoms with van der Waals surface area (Å²) in [5.74, 6) is -0.00355. The largest absolute Gasteiger partial charge is 0.312 e. The fourth-order valence-corrected chi connectivity index (χ4v) is 4.19. The van der Waals surface area contributed by atoms with E-state index in [1.165, 1.54) is 0 Å². The van der Waals surface area contributed by atoms with E-state index < -0.39 is 9.84 Å². The zero-order valence-electron chi connectivity index (χ0n) is 11.8. The third kappa shape index (κ3) is 4.56. The van der Waals surface area contributed by atoms with Crippen molar-refractivity contribution in [3.05, 3.63) is 70.7 Å². The average Bonchev–Trinajstić information content (AvgIpc) is 2.48. The number of nitrogens with one attached hydrogen (secondary N) is 1. The molecule has 0 aromatic heterocycles. The summed E-state index contributed by atoms with van der Waals surface area (Å²) >= 11 is 6.04. The first-order valence-corrected chi connectivity index (χ1v) is 8.88. The predicted molar refractivity (Wildman–Crippen MR) is 87.2 cm³/mol. The highest BCUT2D eigenvalue weighted by atomic mass is 35.5. The Morgan fingerprint density at radius 1 is 1.05 bits per heavy atom. The Morgan fingerprint density at radius 2 is 1.67 bits per heavy atom. The Bertz CT molecular complexity index is 686. The number of hydrogen-bond donors (Lipinski definition) is 1. The van der Waals surface area contributed by atoms with Crippen LogP contribution in [0.5, 0.6) is 0 Å². The van der Waals surface area contributed by atoms with Crippen LogP contribution in [-0.4, -0.2) is 21.2 Å². The first-order chi connectivity index (χ1) is 10.0. The summed E-state index contributed by atoms with van der Waals surface area (Å²) in [6, 6.07) is 16.4. The van der Waals surface area contributed by atoms with E-state index in [9.17, 15) is 8.42 Å². The number of benzene rings is 2. The maximum absolute atomic E-state index is 12.4. The molecule has 0 aliphatic rings. The molecule has 21 heavy (non-hydrogen) atoms. The van der Waals surface area contributed by atoms with Gasteiger partial charge in [0.1, 0.15) is 0 Å². The number of hydrogen-bond acceptors (Lipinski definition) is 3. The highest BCUT2D eigenvalue weighted by Crippen LogP contribution is 2.21. The maximum atomic E-state index is 12.4. The minimum atomic E-state index is -3.26. The summed E-state index contributed by atoms with van der Waals surface area (Å²) in [6.07, 6.45) is 0. The predicted octanol–water partition coefficient (Wildman–Crippen LogP) is 3.22. The first-order valence-electron chi connectivity index (χ1n) is 6.68. The van der Waals surface area contributed by atoms with Gasteiger partial charge in [-0.05, 0) is 24.2 Å². The van der Waals surface area contributed by atoms with E-state index in [4.69, 9.17) is 11.6 Å². The SMILES string of the molecule is CNC(CS(=O)(=O)Cc1ccccc1Cl)c1ccccc1. The lowest BCUT2D eigenvalue weighted by atomic mass is 10.1. The van der Waals surface area contributed by atoms with Crippen molar-refractivity contribution in [3.63, 3.8) is 0 Å². The van der Waals surface area contributed by atoms with Gasteiger partial charge in [0.05, 0.1) is 11.5 Å². The minimum Gasteiger partial charge on any atom is -0.312 e. The minimum absolute atomic E-state index is 0.0404. The van der Waals surface area contributed by atoms with Crippen molar-refractivity contribution in [2.45, 2.75) is 11.8 Å². The molecular weight excluding hydrogens is 306 g/mol. The molecule has 2 aromatic carbocycles. The van der Waals surface area contributed by atoms with E-state index >= 15 is 0 Å². The Hall–Kier alpha value is -1.36. The van der Waals surface area contributed by atoms with Gasteiger partial charge in [0.25, 0.3) is 0 Å². The van der Waals surface area contributed by atoms with Crippen LogP contribution in [0.25, 0.3) is 0 Å². The van der Waals surface area contributed by atoms with Crippen LogP contribution in [0, 0.1) is 0 Å². The van der Waals surface area contributed by atoms with E-state index in [2.05, 4.69) is 5.32 Å². The van der Waals surface area contributed by atoms with Crippen molar-refractivity contribution in [1.82, 2.24) is 5.32 Å². The van der Waals surface area contributed by atoms with Crippen LogP contribution in [0.3, 0.4) is 0 Å². The first kappa shape index (κ1) is 16.0. The molecule has 0 heterocycles. The van der Waals surface area contributed by atoms with Crippen LogP contribution >= 0.6 is 11.6 Å². The summed E-state index contributed by atoms with van der Waals surface area (Å²) in [6.45, 7) is 0. The average molecular weight is 324 g/mol. The van der Waals surface area contributed by atoms with Gasteiger partial charge in [-0.25, -0.2) is 8.42 Å². The van der Waals surface area contributed by atoms with Gasteiger partial charge in [0, 0.05) is 11.1 Å². The van der Waals surface area contributed by atoms with Crippen LogP contribution in [0.15, 0.2) is 54.6 Å². The van der Waals surface area contributed by atoms with Crippen molar-refractivity contribution in [2.75, 3.05) is 12.8 Å². The van der Waals surface area contributed by atoms with Gasteiger partial charge in [0.15, 0.2) is 9.84 Å². The molecule has 0 radical (unpaired) electrons. The summed E-state index contributed by atoms with van der Waals surface area (Å²) < 4.78 is 24.8. The molecule has 1 unspecified atom stereocenters. The topological polar surface area (TPSA) is 46.2 Å². The van der Waals surface area contributed by atoms with Crippen LogP contribution in [0.1, 0.15) is 17.2 Å². The normalized spacial score (nSPS) is 13.0. The van der Waals surface area contributed by atoms with Crippen molar-refractivity contribution in [2.24, 2.45) is 0 Å². The Balaban J connectivity index is 2.15. The van der Waals surface area contributed by atoms with E-state index in [0.29, 0.717) is 10.6 Å². The van der Waals surface area contributed by atoms with Gasteiger partial charge in [0.2, 0.25) is 0 Å². The zero-order valence-corrected chi connectivity index (χ0v) is 13.4. The number of halogens is 1. The maximum Gasteiger partial charge on any atom is 0.156 e. The molecule has 3 nitrogen and oxygen atoms in total. The molecule has 0 bridgehead atoms. The number of rotatable bonds is 6. The van der Waals surface area contributed by atoms with E-state index in [1.807, 2.05) is 30.3 Å². The Labute approximate surface area is 130 Å². The van der Waals surface area contributed by atoms with Gasteiger partial charge in [-0.15, -0.1) is 0 Å². The van der Waals surface area contributed by atoms with Crippen molar-refractivity contribution < 1.29 is 8.42 Å². The van der Waals surface area contributed by atoms with Crippen LogP contribution in [0.2, 0.25) is 5.02 Å². The lowest BCUT2D eigenvalue weighted by molar-refractivity contribution is 0.573. The molecule has 1 atom stereocenters. The van der Waals surface area contributed by atoms with Gasteiger partial charge < -0.3 is 5.32 Å². The lowest BCUT2D eigenvalue weighted by Crippen LogP contribution is -2.26. The molecule has 112 valence electrons. The molecule has 0 aliphatic heterocycles. The molecule has 2 rings (SSSR count). The molecule has 1 N–H and O–H groups in total. The third-order valence-corrected chi connectivity index (χ3v) is 5.27. The lowest BCUT2D eigenvalue weighted by Gasteiger charge is -2.17. The molecule has 0 aliphatic carbocycles. The van der Waals surface area contributed by atoms with Gasteiger partial charge in [-0.2, -0.15) is 0 Å². The fraction of sp³-hybridized carbons (Fsp3) is 0.250. The monoisotopic (exact) mass is 323 g/mol. The third-order valence-electron chi connectivity index (χ3n) is 3.30. The summed E-state index contributed by atoms with van der Waals surface area (Å²) in [5, 5.41) is 3.55. The molecule has 0 fully saturated rings. The molecule has 2 aromatic rings. The highest BCUT2D eigenvalue weighted by molar-refractivity contribution is 7.90. The van der Waals surface area contributed by atoms with Crippen LogP contribution in [-0.2, 0) is 15.6 Å². The second kappa shape index (κ2) is 7.07. The summed E-state index contributed by atoms with van der Waals surface area (Å²) in [7, 11) is -1.50. The smallest absolute Gasteiger partial charge is 0.156 e. The zero-order chi connectivity index (χ0) is 15.3. The Morgan fingerprint density at radius 3 is 2.29 bits per heavy atom. The van der Waals surface area contributed by atoms with Gasteiger partial charge in [-0.3, -0.25) is 0 Å². The summed E-state index contributed by atoms with van der Waals surface area (Å²) in [5.41, 5.74) is 1.60. The second-order valence-electron chi connectivity index (χ2n) is 4.90. The van der Waals surface area contributed by atoms with E-state index in [1.54, 1.807) is 31.3 Å². The van der Waals surface area contributed by atoms with E-state index in [-0.39, 0.29) is 17.5 Å². The molecule has 0 spiro atoms. The molecule has 5 heteroatoms. The molecule has 0 saturated heterocycles. The van der Waals surface area contributed by atoms with Crippen LogP contribution in [0.4, 0.5) is 0 Å². The molecular formula is C16H18ClNO2S. The summed E-state index contributed by atoms with van der Waals surface area (Å²) in [4.78, 5) is 0. The van der Waals surface area contributed by atoms with Crippen molar-refractivity contribution in [3.8, 4) is 0 Å². The number of sulfone groups is 1. The highest BCUT2D eigenvalue weighted by Gasteiger charge is 2.20. The molecule has 0 amide bonds. The quantitative estimate of drug-likeness (QED) is 0.888. The van der Waals surface area contributed by atoms with Crippen molar-refractivity contribution in [1.29, 1.82) is 0 Å². The standard InChI is InChI=1S/C16H18ClNO2S/c1-18-16(13-7-3-2-4-8-13)12-21(19,20)11-14-9-5-6-10-15(14)17/h2-10,16,18H,11-12H2,1H3. The van der Waals surface area contributed by atoms with Crippen LogP contribution < -0.4 is 5.32 Å². The van der Waals surface area contributed by atoms with Gasteiger partial charge in [-0.1, -0.05) is 60.1 Å². The second-order valence-corrected chi connectivity index (χ2v) is 7.41.